The van der Waals surface area contributed by atoms with E-state index in [0.717, 1.165) is 17.7 Å². The van der Waals surface area contributed by atoms with Crippen molar-refractivity contribution >= 4 is 23.2 Å². The molecule has 0 N–H and O–H groups in total. The Balaban J connectivity index is 1.49. The molecule has 0 saturated carbocycles. The van der Waals surface area contributed by atoms with Crippen LogP contribution in [0.1, 0.15) is 34.7 Å². The Hall–Kier alpha value is -3.06. The summed E-state index contributed by atoms with van der Waals surface area (Å²) in [6.45, 7) is 4.78. The van der Waals surface area contributed by atoms with E-state index in [1.54, 1.807) is 29.7 Å². The Kier molecular flexibility index (Phi) is 6.42. The molecule has 2 aromatic heterocycles. The lowest BCUT2D eigenvalue weighted by Gasteiger charge is -2.37. The zero-order valence-corrected chi connectivity index (χ0v) is 18.6. The zero-order valence-electron chi connectivity index (χ0n) is 17.7. The second kappa shape index (κ2) is 9.39. The summed E-state index contributed by atoms with van der Waals surface area (Å²) in [4.78, 5) is 30.1. The molecule has 1 aliphatic heterocycles. The number of aryl methyl sites for hydroxylation is 1. The summed E-state index contributed by atoms with van der Waals surface area (Å²) < 4.78 is 11.4. The van der Waals surface area contributed by atoms with Crippen LogP contribution in [0.25, 0.3) is 0 Å². The van der Waals surface area contributed by atoms with E-state index in [2.05, 4.69) is 11.4 Å². The van der Waals surface area contributed by atoms with Gasteiger partial charge in [0.1, 0.15) is 24.7 Å². The third-order valence-corrected chi connectivity index (χ3v) is 6.54. The number of carbonyl (C=O) groups is 2. The molecule has 1 atom stereocenters. The molecule has 2 amide bonds. The SMILES string of the molecule is CC(=O)N(CC(=O)N1CCc2sccc2C1COc1ccc(C)cc1)Cc1ccco1. The normalized spacial score (nSPS) is 15.4. The minimum absolute atomic E-state index is 0.0105. The molecule has 3 aromatic rings. The number of hydrogen-bond acceptors (Lipinski definition) is 5. The van der Waals surface area contributed by atoms with Crippen LogP contribution < -0.4 is 4.74 Å². The number of fused-ring (bicyclic) bond motifs is 1. The highest BCUT2D eigenvalue weighted by Gasteiger charge is 2.33. The van der Waals surface area contributed by atoms with Crippen LogP contribution in [-0.2, 0) is 22.6 Å². The topological polar surface area (TPSA) is 63.0 Å². The Morgan fingerprint density at radius 3 is 2.74 bits per heavy atom. The maximum atomic E-state index is 13.3. The third-order valence-electron chi connectivity index (χ3n) is 5.54. The largest absolute Gasteiger partial charge is 0.491 e. The molecule has 7 heteroatoms. The number of carbonyl (C=O) groups excluding carboxylic acids is 2. The Labute approximate surface area is 186 Å². The Morgan fingerprint density at radius 1 is 1.23 bits per heavy atom. The number of benzene rings is 1. The van der Waals surface area contributed by atoms with Crippen molar-refractivity contribution in [3.8, 4) is 5.75 Å². The molecule has 1 aliphatic rings. The summed E-state index contributed by atoms with van der Waals surface area (Å²) in [5.74, 6) is 1.19. The first kappa shape index (κ1) is 21.2. The van der Waals surface area contributed by atoms with E-state index in [1.807, 2.05) is 36.1 Å². The van der Waals surface area contributed by atoms with Gasteiger partial charge in [-0.25, -0.2) is 0 Å². The van der Waals surface area contributed by atoms with Crippen LogP contribution in [0.3, 0.4) is 0 Å². The first-order valence-corrected chi connectivity index (χ1v) is 11.2. The second-order valence-electron chi connectivity index (χ2n) is 7.73. The highest BCUT2D eigenvalue weighted by molar-refractivity contribution is 7.10. The summed E-state index contributed by atoms with van der Waals surface area (Å²) in [6, 6.07) is 13.4. The molecule has 0 aliphatic carbocycles. The molecule has 1 unspecified atom stereocenters. The smallest absolute Gasteiger partial charge is 0.242 e. The lowest BCUT2D eigenvalue weighted by molar-refractivity contribution is -0.142. The van der Waals surface area contributed by atoms with Gasteiger partial charge in [0.05, 0.1) is 18.8 Å². The van der Waals surface area contributed by atoms with Crippen molar-refractivity contribution in [3.63, 3.8) is 0 Å². The predicted molar refractivity (Wildman–Crippen MR) is 119 cm³/mol. The van der Waals surface area contributed by atoms with Crippen LogP contribution in [0, 0.1) is 6.92 Å². The standard InChI is InChI=1S/C24H26N2O4S/c1-17-5-7-19(8-6-17)30-16-22-21-10-13-31-23(21)9-11-26(22)24(28)15-25(18(2)27)14-20-4-3-12-29-20/h3-8,10,12-13,22H,9,11,14-16H2,1-2H3. The molecule has 0 radical (unpaired) electrons. The highest BCUT2D eigenvalue weighted by atomic mass is 32.1. The number of nitrogens with zero attached hydrogens (tertiary/aromatic N) is 2. The number of thiophene rings is 1. The molecule has 31 heavy (non-hydrogen) atoms. The minimum Gasteiger partial charge on any atom is -0.491 e. The third kappa shape index (κ3) is 4.99. The summed E-state index contributed by atoms with van der Waals surface area (Å²) in [5, 5.41) is 2.07. The van der Waals surface area contributed by atoms with Crippen molar-refractivity contribution in [1.82, 2.24) is 9.80 Å². The van der Waals surface area contributed by atoms with Gasteiger partial charge in [0, 0.05) is 18.3 Å². The van der Waals surface area contributed by atoms with Gasteiger partial charge in [-0.1, -0.05) is 17.7 Å². The average molecular weight is 439 g/mol. The molecule has 4 rings (SSSR count). The van der Waals surface area contributed by atoms with Gasteiger partial charge in [-0.05, 0) is 54.6 Å². The molecule has 162 valence electrons. The van der Waals surface area contributed by atoms with Gasteiger partial charge < -0.3 is 19.0 Å². The number of rotatable bonds is 7. The number of ether oxygens (including phenoxy) is 1. The van der Waals surface area contributed by atoms with Crippen molar-refractivity contribution in [2.24, 2.45) is 0 Å². The summed E-state index contributed by atoms with van der Waals surface area (Å²) >= 11 is 1.72. The molecule has 6 nitrogen and oxygen atoms in total. The van der Waals surface area contributed by atoms with Crippen molar-refractivity contribution < 1.29 is 18.7 Å². The molecule has 0 fully saturated rings. The van der Waals surface area contributed by atoms with Gasteiger partial charge in [0.2, 0.25) is 11.8 Å². The lowest BCUT2D eigenvalue weighted by atomic mass is 10.0. The van der Waals surface area contributed by atoms with Crippen LogP contribution in [0.2, 0.25) is 0 Å². The number of amides is 2. The average Bonchev–Trinajstić information content (AvgIpc) is 3.44. The van der Waals surface area contributed by atoms with Crippen molar-refractivity contribution in [2.75, 3.05) is 19.7 Å². The van der Waals surface area contributed by atoms with Gasteiger partial charge in [-0.15, -0.1) is 11.3 Å². The van der Waals surface area contributed by atoms with Crippen molar-refractivity contribution in [3.05, 3.63) is 75.9 Å². The Morgan fingerprint density at radius 2 is 2.03 bits per heavy atom. The first-order valence-electron chi connectivity index (χ1n) is 10.3. The molecular weight excluding hydrogens is 412 g/mol. The van der Waals surface area contributed by atoms with Crippen LogP contribution in [0.5, 0.6) is 5.75 Å². The molecular formula is C24H26N2O4S. The fourth-order valence-electron chi connectivity index (χ4n) is 3.81. The monoisotopic (exact) mass is 438 g/mol. The van der Waals surface area contributed by atoms with Crippen LogP contribution in [-0.4, -0.2) is 41.3 Å². The number of hydrogen-bond donors (Lipinski definition) is 0. The van der Waals surface area contributed by atoms with Gasteiger partial charge >= 0.3 is 0 Å². The maximum absolute atomic E-state index is 13.3. The van der Waals surface area contributed by atoms with Gasteiger partial charge in [-0.2, -0.15) is 0 Å². The van der Waals surface area contributed by atoms with Crippen molar-refractivity contribution in [2.45, 2.75) is 32.9 Å². The van der Waals surface area contributed by atoms with E-state index in [0.29, 0.717) is 18.9 Å². The van der Waals surface area contributed by atoms with Gasteiger partial charge in [0.15, 0.2) is 0 Å². The summed E-state index contributed by atoms with van der Waals surface area (Å²) in [6.07, 6.45) is 2.38. The molecule has 0 bridgehead atoms. The molecule has 1 aromatic carbocycles. The minimum atomic E-state index is -0.179. The lowest BCUT2D eigenvalue weighted by Crippen LogP contribution is -2.47. The van der Waals surface area contributed by atoms with Gasteiger partial charge in [0.25, 0.3) is 0 Å². The van der Waals surface area contributed by atoms with E-state index in [-0.39, 0.29) is 30.9 Å². The Bertz CT molecular complexity index is 1030. The summed E-state index contributed by atoms with van der Waals surface area (Å²) in [7, 11) is 0. The van der Waals surface area contributed by atoms with Crippen LogP contribution in [0.4, 0.5) is 0 Å². The van der Waals surface area contributed by atoms with Gasteiger partial charge in [-0.3, -0.25) is 9.59 Å². The highest BCUT2D eigenvalue weighted by Crippen LogP contribution is 2.34. The fourth-order valence-corrected chi connectivity index (χ4v) is 4.74. The van der Waals surface area contributed by atoms with Crippen molar-refractivity contribution in [1.29, 1.82) is 0 Å². The van der Waals surface area contributed by atoms with E-state index < -0.39 is 0 Å². The zero-order chi connectivity index (χ0) is 21.8. The molecule has 0 saturated heterocycles. The fraction of sp³-hybridized carbons (Fsp3) is 0.333. The first-order chi connectivity index (χ1) is 15.0. The number of furan rings is 1. The van der Waals surface area contributed by atoms with Crippen LogP contribution in [0.15, 0.2) is 58.5 Å². The van der Waals surface area contributed by atoms with E-state index in [1.165, 1.54) is 22.3 Å². The second-order valence-corrected chi connectivity index (χ2v) is 8.73. The molecule has 3 heterocycles. The predicted octanol–water partition coefficient (Wildman–Crippen LogP) is 4.20. The quantitative estimate of drug-likeness (QED) is 0.555. The summed E-state index contributed by atoms with van der Waals surface area (Å²) in [5.41, 5.74) is 2.31. The molecule has 0 spiro atoms. The van der Waals surface area contributed by atoms with E-state index >= 15 is 0 Å². The van der Waals surface area contributed by atoms with E-state index in [4.69, 9.17) is 9.15 Å². The van der Waals surface area contributed by atoms with E-state index in [9.17, 15) is 9.59 Å². The van der Waals surface area contributed by atoms with Crippen LogP contribution >= 0.6 is 11.3 Å². The maximum Gasteiger partial charge on any atom is 0.242 e.